The molecule has 116 valence electrons. The number of carbonyl (C=O) groups is 1. The van der Waals surface area contributed by atoms with Gasteiger partial charge in [0.25, 0.3) is 0 Å². The summed E-state index contributed by atoms with van der Waals surface area (Å²) in [7, 11) is -1.92. The lowest BCUT2D eigenvalue weighted by molar-refractivity contribution is -0.139. The first-order valence-corrected chi connectivity index (χ1v) is 9.01. The van der Waals surface area contributed by atoms with Crippen LogP contribution < -0.4 is 4.74 Å². The van der Waals surface area contributed by atoms with Crippen molar-refractivity contribution in [3.05, 3.63) is 24.3 Å². The third-order valence-corrected chi connectivity index (χ3v) is 6.35. The van der Waals surface area contributed by atoms with Gasteiger partial charge in [-0.2, -0.15) is 16.1 Å². The van der Waals surface area contributed by atoms with Gasteiger partial charge >= 0.3 is 5.97 Å². The molecule has 1 N–H and O–H groups in total. The zero-order chi connectivity index (χ0) is 15.5. The normalized spacial score (nSPS) is 18.9. The number of rotatable bonds is 6. The van der Waals surface area contributed by atoms with Crippen LogP contribution >= 0.6 is 11.8 Å². The lowest BCUT2D eigenvalue weighted by Crippen LogP contribution is -2.36. The Kier molecular flexibility index (Phi) is 5.13. The van der Waals surface area contributed by atoms with Crippen molar-refractivity contribution in [1.82, 2.24) is 4.31 Å². The molecule has 1 aliphatic heterocycles. The van der Waals surface area contributed by atoms with Crippen molar-refractivity contribution in [3.8, 4) is 5.75 Å². The first kappa shape index (κ1) is 16.1. The molecule has 0 bridgehead atoms. The van der Waals surface area contributed by atoms with Gasteiger partial charge in [0, 0.05) is 18.8 Å². The maximum absolute atomic E-state index is 12.5. The summed E-state index contributed by atoms with van der Waals surface area (Å²) in [4.78, 5) is 10.6. The van der Waals surface area contributed by atoms with E-state index in [1.165, 1.54) is 28.6 Å². The smallest absolute Gasteiger partial charge is 0.341 e. The highest BCUT2D eigenvalue weighted by Gasteiger charge is 2.30. The zero-order valence-corrected chi connectivity index (χ0v) is 13.2. The summed E-state index contributed by atoms with van der Waals surface area (Å²) in [5.74, 6) is 1.04. The van der Waals surface area contributed by atoms with Gasteiger partial charge in [-0.15, -0.1) is 0 Å². The van der Waals surface area contributed by atoms with Crippen LogP contribution in [0.4, 0.5) is 0 Å². The Morgan fingerprint density at radius 3 is 2.62 bits per heavy atom. The van der Waals surface area contributed by atoms with Crippen LogP contribution in [-0.4, -0.2) is 55.0 Å². The Labute approximate surface area is 128 Å². The molecule has 1 saturated heterocycles. The molecule has 0 aromatic heterocycles. The largest absolute Gasteiger partial charge is 0.482 e. The van der Waals surface area contributed by atoms with E-state index in [9.17, 15) is 13.2 Å². The van der Waals surface area contributed by atoms with Gasteiger partial charge < -0.3 is 9.84 Å². The average Bonchev–Trinajstić information content (AvgIpc) is 2.98. The standard InChI is InChI=1S/C13H17NO5S2/c1-14(10-6-7-20-9-10)21(17,18)12-4-2-11(3-5-12)19-8-13(15)16/h2-5,10H,6-9H2,1H3,(H,15,16). The third-order valence-electron chi connectivity index (χ3n) is 3.28. The van der Waals surface area contributed by atoms with Crippen molar-refractivity contribution in [2.45, 2.75) is 17.4 Å². The molecule has 8 heteroatoms. The minimum Gasteiger partial charge on any atom is -0.482 e. The van der Waals surface area contributed by atoms with Gasteiger partial charge in [0.1, 0.15) is 5.75 Å². The lowest BCUT2D eigenvalue weighted by atomic mass is 10.3. The topological polar surface area (TPSA) is 83.9 Å². The van der Waals surface area contributed by atoms with Gasteiger partial charge in [-0.05, 0) is 36.4 Å². The molecule has 6 nitrogen and oxygen atoms in total. The molecule has 0 spiro atoms. The van der Waals surface area contributed by atoms with Crippen molar-refractivity contribution in [2.24, 2.45) is 0 Å². The minimum atomic E-state index is -3.52. The Morgan fingerprint density at radius 2 is 2.10 bits per heavy atom. The molecule has 21 heavy (non-hydrogen) atoms. The number of thioether (sulfide) groups is 1. The number of ether oxygens (including phenoxy) is 1. The van der Waals surface area contributed by atoms with Crippen molar-refractivity contribution in [1.29, 1.82) is 0 Å². The Balaban J connectivity index is 2.11. The molecule has 1 fully saturated rings. The molecule has 0 saturated carbocycles. The van der Waals surface area contributed by atoms with Crippen molar-refractivity contribution >= 4 is 27.8 Å². The molecule has 1 atom stereocenters. The summed E-state index contributed by atoms with van der Waals surface area (Å²) in [5.41, 5.74) is 0. The number of nitrogens with zero attached hydrogens (tertiary/aromatic N) is 1. The van der Waals surface area contributed by atoms with E-state index in [1.807, 2.05) is 0 Å². The van der Waals surface area contributed by atoms with Crippen LogP contribution in [-0.2, 0) is 14.8 Å². The van der Waals surface area contributed by atoms with Crippen molar-refractivity contribution < 1.29 is 23.1 Å². The molecule has 0 radical (unpaired) electrons. The van der Waals surface area contributed by atoms with E-state index in [-0.39, 0.29) is 10.9 Å². The van der Waals surface area contributed by atoms with Crippen LogP contribution in [0, 0.1) is 0 Å². The molecular weight excluding hydrogens is 314 g/mol. The molecule has 1 aromatic carbocycles. The molecule has 1 heterocycles. The van der Waals surface area contributed by atoms with Crippen LogP contribution in [0.25, 0.3) is 0 Å². The van der Waals surface area contributed by atoms with Gasteiger partial charge in [-0.3, -0.25) is 0 Å². The number of aliphatic carboxylic acids is 1. The predicted molar refractivity (Wildman–Crippen MR) is 80.3 cm³/mol. The van der Waals surface area contributed by atoms with E-state index >= 15 is 0 Å². The molecule has 0 amide bonds. The lowest BCUT2D eigenvalue weighted by Gasteiger charge is -2.23. The van der Waals surface area contributed by atoms with Crippen LogP contribution in [0.5, 0.6) is 5.75 Å². The fraction of sp³-hybridized carbons (Fsp3) is 0.462. The summed E-state index contributed by atoms with van der Waals surface area (Å²) in [6, 6.07) is 5.83. The number of benzene rings is 1. The number of carboxylic acid groups (broad SMARTS) is 1. The van der Waals surface area contributed by atoms with E-state index in [0.29, 0.717) is 5.75 Å². The highest BCUT2D eigenvalue weighted by atomic mass is 32.2. The predicted octanol–water partition coefficient (Wildman–Crippen LogP) is 1.28. The second-order valence-corrected chi connectivity index (χ2v) is 7.84. The second kappa shape index (κ2) is 6.67. The van der Waals surface area contributed by atoms with E-state index in [2.05, 4.69) is 0 Å². The fourth-order valence-corrected chi connectivity index (χ4v) is 4.77. The summed E-state index contributed by atoms with van der Waals surface area (Å²) in [6.45, 7) is -0.453. The number of carboxylic acids is 1. The number of hydrogen-bond acceptors (Lipinski definition) is 5. The Hall–Kier alpha value is -1.25. The van der Waals surface area contributed by atoms with E-state index in [1.54, 1.807) is 18.8 Å². The van der Waals surface area contributed by atoms with Gasteiger partial charge in [-0.1, -0.05) is 0 Å². The maximum atomic E-state index is 12.5. The Morgan fingerprint density at radius 1 is 1.43 bits per heavy atom. The minimum absolute atomic E-state index is 0.0305. The van der Waals surface area contributed by atoms with Crippen LogP contribution in [0.1, 0.15) is 6.42 Å². The summed E-state index contributed by atoms with van der Waals surface area (Å²) < 4.78 is 31.4. The SMILES string of the molecule is CN(C1CCSC1)S(=O)(=O)c1ccc(OCC(=O)O)cc1. The number of hydrogen-bond donors (Lipinski definition) is 1. The van der Waals surface area contributed by atoms with Gasteiger partial charge in [0.2, 0.25) is 10.0 Å². The third kappa shape index (κ3) is 3.90. The van der Waals surface area contributed by atoms with Gasteiger partial charge in [0.05, 0.1) is 4.90 Å². The molecule has 2 rings (SSSR count). The molecule has 1 aliphatic rings. The van der Waals surface area contributed by atoms with Crippen molar-refractivity contribution in [2.75, 3.05) is 25.2 Å². The highest BCUT2D eigenvalue weighted by Crippen LogP contribution is 2.26. The van der Waals surface area contributed by atoms with Gasteiger partial charge in [0.15, 0.2) is 6.61 Å². The first-order chi connectivity index (χ1) is 9.91. The van der Waals surface area contributed by atoms with Crippen LogP contribution in [0.2, 0.25) is 0 Å². The molecular formula is C13H17NO5S2. The van der Waals surface area contributed by atoms with Gasteiger partial charge in [-0.25, -0.2) is 13.2 Å². The van der Waals surface area contributed by atoms with Crippen LogP contribution in [0.3, 0.4) is 0 Å². The quantitative estimate of drug-likeness (QED) is 0.845. The Bertz CT molecular complexity index is 593. The van der Waals surface area contributed by atoms with E-state index in [4.69, 9.17) is 9.84 Å². The van der Waals surface area contributed by atoms with Crippen molar-refractivity contribution in [3.63, 3.8) is 0 Å². The zero-order valence-electron chi connectivity index (χ0n) is 11.6. The maximum Gasteiger partial charge on any atom is 0.341 e. The monoisotopic (exact) mass is 331 g/mol. The van der Waals surface area contributed by atoms with E-state index in [0.717, 1.165) is 17.9 Å². The first-order valence-electron chi connectivity index (χ1n) is 6.41. The number of sulfonamides is 1. The van der Waals surface area contributed by atoms with E-state index < -0.39 is 22.6 Å². The second-order valence-electron chi connectivity index (χ2n) is 4.69. The van der Waals surface area contributed by atoms with Crippen LogP contribution in [0.15, 0.2) is 29.2 Å². The fourth-order valence-electron chi connectivity index (χ4n) is 2.02. The summed E-state index contributed by atoms with van der Waals surface area (Å²) in [5, 5.41) is 8.52. The summed E-state index contributed by atoms with van der Waals surface area (Å²) in [6.07, 6.45) is 0.861. The highest BCUT2D eigenvalue weighted by molar-refractivity contribution is 7.99. The molecule has 1 aromatic rings. The summed E-state index contributed by atoms with van der Waals surface area (Å²) >= 11 is 1.75. The molecule has 0 aliphatic carbocycles. The average molecular weight is 331 g/mol. The molecule has 1 unspecified atom stereocenters.